The second-order valence-corrected chi connectivity index (χ2v) is 15.8. The number of hydrogen-bond acceptors (Lipinski definition) is 4. The number of ether oxygens (including phenoxy) is 1. The Kier molecular flexibility index (Phi) is 6.07. The quantitative estimate of drug-likeness (QED) is 0.518. The van der Waals surface area contributed by atoms with Crippen molar-refractivity contribution in [3.05, 3.63) is 11.1 Å². The zero-order valence-electron chi connectivity index (χ0n) is 22.6. The number of piperidine rings is 1. The molecule has 6 aliphatic rings. The van der Waals surface area contributed by atoms with Crippen molar-refractivity contribution >= 4 is 10.0 Å². The van der Waals surface area contributed by atoms with Crippen LogP contribution >= 0.6 is 0 Å². The molecule has 2 N–H and O–H groups in total. The first-order valence-electron chi connectivity index (χ1n) is 14.6. The predicted molar refractivity (Wildman–Crippen MR) is 140 cm³/mol. The molecule has 198 valence electrons. The smallest absolute Gasteiger partial charge is 0.208 e. The molecule has 1 spiro atoms. The highest BCUT2D eigenvalue weighted by molar-refractivity contribution is 7.88. The van der Waals surface area contributed by atoms with Gasteiger partial charge in [-0.2, -0.15) is 0 Å². The van der Waals surface area contributed by atoms with Crippen LogP contribution in [0.2, 0.25) is 0 Å². The van der Waals surface area contributed by atoms with Crippen molar-refractivity contribution in [1.82, 2.24) is 10.0 Å². The van der Waals surface area contributed by atoms with E-state index in [0.717, 1.165) is 43.6 Å². The first-order valence-corrected chi connectivity index (χ1v) is 16.5. The lowest BCUT2D eigenvalue weighted by atomic mass is 9.52. The lowest BCUT2D eigenvalue weighted by Gasteiger charge is -2.54. The molecule has 0 aromatic rings. The van der Waals surface area contributed by atoms with Crippen molar-refractivity contribution in [3.8, 4) is 0 Å². The summed E-state index contributed by atoms with van der Waals surface area (Å²) in [6.07, 6.45) is 13.6. The number of sulfonamides is 1. The highest BCUT2D eigenvalue weighted by atomic mass is 32.2. The summed E-state index contributed by atoms with van der Waals surface area (Å²) in [6.45, 7) is 11.0. The van der Waals surface area contributed by atoms with Gasteiger partial charge in [-0.1, -0.05) is 31.9 Å². The van der Waals surface area contributed by atoms with E-state index in [2.05, 4.69) is 37.7 Å². The van der Waals surface area contributed by atoms with Crippen molar-refractivity contribution in [2.75, 3.05) is 12.8 Å². The zero-order chi connectivity index (χ0) is 24.8. The molecule has 0 amide bonds. The van der Waals surface area contributed by atoms with Gasteiger partial charge in [0.1, 0.15) is 0 Å². The number of allylic oxidation sites excluding steroid dienone is 1. The monoisotopic (exact) mass is 504 g/mol. The molecular weight excluding hydrogens is 456 g/mol. The minimum Gasteiger partial charge on any atom is -0.369 e. The number of rotatable bonds is 2. The van der Waals surface area contributed by atoms with Gasteiger partial charge >= 0.3 is 0 Å². The van der Waals surface area contributed by atoms with Gasteiger partial charge in [-0.3, -0.25) is 0 Å². The van der Waals surface area contributed by atoms with Crippen molar-refractivity contribution in [1.29, 1.82) is 0 Å². The molecule has 11 atom stereocenters. The molecule has 1 unspecified atom stereocenters. The summed E-state index contributed by atoms with van der Waals surface area (Å²) in [4.78, 5) is 0. The van der Waals surface area contributed by atoms with E-state index in [1.165, 1.54) is 51.2 Å². The van der Waals surface area contributed by atoms with E-state index in [-0.39, 0.29) is 11.6 Å². The fourth-order valence-electron chi connectivity index (χ4n) is 10.2. The van der Waals surface area contributed by atoms with Crippen LogP contribution in [0, 0.1) is 40.9 Å². The number of nitrogens with one attached hydrogen (secondary N) is 2. The van der Waals surface area contributed by atoms with Crippen LogP contribution in [0.25, 0.3) is 0 Å². The Morgan fingerprint density at radius 3 is 2.66 bits per heavy atom. The molecule has 3 saturated carbocycles. The summed E-state index contributed by atoms with van der Waals surface area (Å²) in [5.41, 5.74) is 3.83. The highest BCUT2D eigenvalue weighted by Crippen LogP contribution is 2.65. The molecule has 5 fully saturated rings. The zero-order valence-corrected chi connectivity index (χ0v) is 23.4. The third-order valence-corrected chi connectivity index (χ3v) is 12.8. The van der Waals surface area contributed by atoms with Gasteiger partial charge in [0.25, 0.3) is 0 Å². The van der Waals surface area contributed by atoms with E-state index in [1.54, 1.807) is 11.1 Å². The average molecular weight is 505 g/mol. The van der Waals surface area contributed by atoms with Crippen LogP contribution in [-0.4, -0.2) is 45.0 Å². The summed E-state index contributed by atoms with van der Waals surface area (Å²) < 4.78 is 33.7. The van der Waals surface area contributed by atoms with E-state index in [4.69, 9.17) is 4.74 Å². The molecule has 6 heteroatoms. The van der Waals surface area contributed by atoms with Crippen molar-refractivity contribution in [2.45, 2.75) is 116 Å². The minimum atomic E-state index is -3.13. The Balaban J connectivity index is 1.22. The van der Waals surface area contributed by atoms with Crippen LogP contribution < -0.4 is 10.0 Å². The second kappa shape index (κ2) is 8.54. The second-order valence-electron chi connectivity index (χ2n) is 14.0. The van der Waals surface area contributed by atoms with Gasteiger partial charge in [0.15, 0.2) is 0 Å². The number of fused-ring (bicyclic) bond motifs is 6. The average Bonchev–Trinajstić information content (AvgIpc) is 3.23. The fraction of sp³-hybridized carbons (Fsp3) is 0.931. The van der Waals surface area contributed by atoms with Crippen LogP contribution in [0.4, 0.5) is 0 Å². The topological polar surface area (TPSA) is 67.4 Å². The normalized spacial score (nSPS) is 52.0. The lowest BCUT2D eigenvalue weighted by molar-refractivity contribution is -0.0746. The molecule has 0 radical (unpaired) electrons. The predicted octanol–water partition coefficient (Wildman–Crippen LogP) is 5.03. The van der Waals surface area contributed by atoms with Gasteiger partial charge in [-0.05, 0) is 113 Å². The first kappa shape index (κ1) is 24.9. The van der Waals surface area contributed by atoms with Gasteiger partial charge in [-0.25, -0.2) is 13.1 Å². The largest absolute Gasteiger partial charge is 0.369 e. The number of hydrogen-bond donors (Lipinski definition) is 2. The van der Waals surface area contributed by atoms with E-state index in [1.807, 2.05) is 0 Å². The maximum Gasteiger partial charge on any atom is 0.208 e. The van der Waals surface area contributed by atoms with Crippen LogP contribution in [0.5, 0.6) is 0 Å². The molecule has 4 aliphatic carbocycles. The Labute approximate surface area is 213 Å². The summed E-state index contributed by atoms with van der Waals surface area (Å²) in [6, 6.07) is 0.660. The van der Waals surface area contributed by atoms with Crippen molar-refractivity contribution < 1.29 is 13.2 Å². The van der Waals surface area contributed by atoms with E-state index >= 15 is 0 Å². The Hall–Kier alpha value is -0.430. The summed E-state index contributed by atoms with van der Waals surface area (Å²) >= 11 is 0. The van der Waals surface area contributed by atoms with E-state index < -0.39 is 10.0 Å². The molecule has 0 aromatic carbocycles. The summed E-state index contributed by atoms with van der Waals surface area (Å²) in [5, 5.41) is 3.85. The molecule has 0 bridgehead atoms. The molecule has 6 rings (SSSR count). The van der Waals surface area contributed by atoms with Crippen molar-refractivity contribution in [2.24, 2.45) is 40.9 Å². The van der Waals surface area contributed by atoms with E-state index in [9.17, 15) is 8.42 Å². The van der Waals surface area contributed by atoms with Gasteiger partial charge in [0.05, 0.1) is 18.0 Å². The van der Waals surface area contributed by atoms with Crippen LogP contribution in [0.15, 0.2) is 11.1 Å². The fourth-order valence-corrected chi connectivity index (χ4v) is 11.1. The highest BCUT2D eigenvalue weighted by Gasteiger charge is 2.59. The van der Waals surface area contributed by atoms with Crippen LogP contribution in [0.3, 0.4) is 0 Å². The molecular formula is C29H48N2O3S. The third kappa shape index (κ3) is 4.08. The SMILES string of the molecule is CC1=C2CC3[C@@H](CC[C@@H]4C[C@@H](NS(C)(=O)=O)CC[C@]34C)[C@@H]2CC[C@@]2(C1)O[C@@H]1C[C@H](C)CN[C@H]1[C@H]2C. The molecule has 0 aromatic heterocycles. The standard InChI is InChI=1S/C29H48N2O3S/c1-17-12-26-27(30-16-17)19(3)29(34-26)11-9-22-23-7-6-20-13-21(31-35(5,32)33)8-10-28(20,4)25(23)14-24(22)18(2)15-29/h17,19-23,25-27,30-31H,6-16H2,1-5H3/t17-,19+,20+,21-,22-,23-,25?,26+,27-,28-,29-/m0/s1. The Morgan fingerprint density at radius 2 is 1.89 bits per heavy atom. The van der Waals surface area contributed by atoms with Gasteiger partial charge in [-0.15, -0.1) is 0 Å². The maximum atomic E-state index is 11.9. The van der Waals surface area contributed by atoms with Crippen molar-refractivity contribution in [3.63, 3.8) is 0 Å². The molecule has 2 aliphatic heterocycles. The van der Waals surface area contributed by atoms with Gasteiger partial charge < -0.3 is 10.1 Å². The minimum absolute atomic E-state index is 0.0276. The molecule has 35 heavy (non-hydrogen) atoms. The van der Waals surface area contributed by atoms with Gasteiger partial charge in [0, 0.05) is 18.0 Å². The lowest BCUT2D eigenvalue weighted by Crippen LogP contribution is -2.50. The molecule has 2 heterocycles. The summed E-state index contributed by atoms with van der Waals surface area (Å²) in [5.74, 6) is 4.28. The third-order valence-electron chi connectivity index (χ3n) is 12.0. The Bertz CT molecular complexity index is 994. The molecule has 2 saturated heterocycles. The first-order chi connectivity index (χ1) is 16.5. The van der Waals surface area contributed by atoms with Gasteiger partial charge in [0.2, 0.25) is 10.0 Å². The maximum absolute atomic E-state index is 11.9. The summed E-state index contributed by atoms with van der Waals surface area (Å²) in [7, 11) is -3.13. The van der Waals surface area contributed by atoms with Crippen LogP contribution in [0.1, 0.15) is 91.9 Å². The molecule has 5 nitrogen and oxygen atoms in total. The van der Waals surface area contributed by atoms with Crippen LogP contribution in [-0.2, 0) is 14.8 Å². The van der Waals surface area contributed by atoms with E-state index in [0.29, 0.717) is 35.3 Å². The Morgan fingerprint density at radius 1 is 1.09 bits per heavy atom.